The monoisotopic (exact) mass is 573 g/mol. The van der Waals surface area contributed by atoms with E-state index in [9.17, 15) is 19.1 Å². The number of pyridine rings is 1. The van der Waals surface area contributed by atoms with Crippen LogP contribution in [-0.2, 0) is 24.4 Å². The van der Waals surface area contributed by atoms with Gasteiger partial charge in [-0.3, -0.25) is 9.69 Å². The number of piperidine rings is 1. The Labute approximate surface area is 241 Å². The summed E-state index contributed by atoms with van der Waals surface area (Å²) in [6, 6.07) is 14.8. The molecule has 11 heteroatoms. The Morgan fingerprint density at radius 3 is 2.52 bits per heavy atom. The van der Waals surface area contributed by atoms with E-state index >= 15 is 0 Å². The molecule has 2 aromatic heterocycles. The predicted octanol–water partition coefficient (Wildman–Crippen LogP) is 4.12. The number of aromatic nitrogens is 3. The third-order valence-corrected chi connectivity index (χ3v) is 8.08. The fraction of sp³-hybridized carbons (Fsp3) is 0.355. The molecule has 1 amide bonds. The average molecular weight is 574 g/mol. The van der Waals surface area contributed by atoms with Gasteiger partial charge in [-0.2, -0.15) is 0 Å². The Balaban J connectivity index is 1.09. The van der Waals surface area contributed by atoms with Gasteiger partial charge in [0.15, 0.2) is 0 Å². The molecule has 2 saturated heterocycles. The van der Waals surface area contributed by atoms with Gasteiger partial charge in [0.25, 0.3) is 0 Å². The summed E-state index contributed by atoms with van der Waals surface area (Å²) >= 11 is 0. The maximum Gasteiger partial charge on any atom is 0.335 e. The van der Waals surface area contributed by atoms with Crippen molar-refractivity contribution in [2.24, 2.45) is 5.73 Å². The standard InChI is InChI=1S/C31H32FN5O5/c32-24-14-20(30(33)38)4-5-22(24)18-42-29-3-1-2-25(35-29)19-8-11-36(12-9-19)17-28-34-26-7-6-21(31(39)40)15-27(26)37(28)16-23-10-13-41-23/h1-7,14-15,19,23H,8-13,16-18H2,(H2,33,38)(H,39,40). The van der Waals surface area contributed by atoms with E-state index in [1.165, 1.54) is 12.1 Å². The first kappa shape index (κ1) is 27.8. The largest absolute Gasteiger partial charge is 0.478 e. The molecule has 3 N–H and O–H groups in total. The van der Waals surface area contributed by atoms with Crippen molar-refractivity contribution in [2.75, 3.05) is 19.7 Å². The number of hydrogen-bond acceptors (Lipinski definition) is 7. The zero-order valence-electron chi connectivity index (χ0n) is 23.0. The lowest BCUT2D eigenvalue weighted by Gasteiger charge is -2.32. The van der Waals surface area contributed by atoms with Crippen molar-refractivity contribution >= 4 is 22.9 Å². The van der Waals surface area contributed by atoms with Gasteiger partial charge in [0.1, 0.15) is 18.2 Å². The highest BCUT2D eigenvalue weighted by molar-refractivity contribution is 5.93. The van der Waals surface area contributed by atoms with Crippen LogP contribution in [0.2, 0.25) is 0 Å². The number of fused-ring (bicyclic) bond motifs is 1. The minimum Gasteiger partial charge on any atom is -0.478 e. The number of likely N-dealkylation sites (tertiary alicyclic amines) is 1. The minimum atomic E-state index is -0.956. The zero-order valence-corrected chi connectivity index (χ0v) is 23.0. The minimum absolute atomic E-state index is 0.0133. The maximum absolute atomic E-state index is 14.3. The molecular formula is C31H32FN5O5. The van der Waals surface area contributed by atoms with Crippen molar-refractivity contribution < 1.29 is 28.6 Å². The first-order valence-corrected chi connectivity index (χ1v) is 14.1. The second-order valence-electron chi connectivity index (χ2n) is 10.8. The van der Waals surface area contributed by atoms with Crippen molar-refractivity contribution in [3.8, 4) is 5.88 Å². The van der Waals surface area contributed by atoms with Gasteiger partial charge in [-0.25, -0.2) is 19.2 Å². The van der Waals surface area contributed by atoms with Crippen LogP contribution in [-0.4, -0.2) is 62.2 Å². The number of imidazole rings is 1. The fourth-order valence-corrected chi connectivity index (χ4v) is 5.56. The Morgan fingerprint density at radius 2 is 1.83 bits per heavy atom. The SMILES string of the molecule is NC(=O)c1ccc(COc2cccc(C3CCN(Cc4nc5ccc(C(=O)O)cc5n4CC4CCO4)CC3)n2)c(F)c1. The molecule has 0 spiro atoms. The number of rotatable bonds is 10. The molecule has 0 bridgehead atoms. The molecule has 10 nitrogen and oxygen atoms in total. The summed E-state index contributed by atoms with van der Waals surface area (Å²) in [5.74, 6) is -0.602. The Morgan fingerprint density at radius 1 is 1.05 bits per heavy atom. The van der Waals surface area contributed by atoms with Gasteiger partial charge in [0, 0.05) is 35.4 Å². The Hall–Kier alpha value is -4.35. The number of amides is 1. The number of halogens is 1. The van der Waals surface area contributed by atoms with Gasteiger partial charge in [0.2, 0.25) is 11.8 Å². The molecule has 2 aliphatic heterocycles. The molecule has 4 aromatic rings. The number of nitrogens with two attached hydrogens (primary N) is 1. The molecule has 6 rings (SSSR count). The van der Waals surface area contributed by atoms with E-state index in [-0.39, 0.29) is 29.8 Å². The van der Waals surface area contributed by atoms with E-state index in [4.69, 9.17) is 25.2 Å². The van der Waals surface area contributed by atoms with Crippen molar-refractivity contribution in [3.05, 3.63) is 88.6 Å². The summed E-state index contributed by atoms with van der Waals surface area (Å²) in [6.07, 6.45) is 2.92. The van der Waals surface area contributed by atoms with Crippen LogP contribution < -0.4 is 10.5 Å². The number of hydrogen-bond donors (Lipinski definition) is 2. The van der Waals surface area contributed by atoms with Crippen LogP contribution in [0.15, 0.2) is 54.6 Å². The smallest absolute Gasteiger partial charge is 0.335 e. The highest BCUT2D eigenvalue weighted by Gasteiger charge is 2.26. The Kier molecular flexibility index (Phi) is 7.86. The molecule has 218 valence electrons. The molecule has 0 radical (unpaired) electrons. The molecular weight excluding hydrogens is 541 g/mol. The van der Waals surface area contributed by atoms with E-state index in [0.717, 1.165) is 67.6 Å². The van der Waals surface area contributed by atoms with Crippen LogP contribution in [0.1, 0.15) is 63.0 Å². The van der Waals surface area contributed by atoms with Gasteiger partial charge in [-0.15, -0.1) is 0 Å². The van der Waals surface area contributed by atoms with Crippen LogP contribution in [0.25, 0.3) is 11.0 Å². The van der Waals surface area contributed by atoms with Gasteiger partial charge in [-0.1, -0.05) is 12.1 Å². The summed E-state index contributed by atoms with van der Waals surface area (Å²) in [7, 11) is 0. The number of aromatic carboxylic acids is 1. The van der Waals surface area contributed by atoms with Crippen molar-refractivity contribution in [3.63, 3.8) is 0 Å². The fourth-order valence-electron chi connectivity index (χ4n) is 5.56. The molecule has 0 saturated carbocycles. The molecule has 0 aliphatic carbocycles. The van der Waals surface area contributed by atoms with E-state index in [1.54, 1.807) is 24.3 Å². The molecule has 2 fully saturated rings. The van der Waals surface area contributed by atoms with Gasteiger partial charge < -0.3 is 24.9 Å². The van der Waals surface area contributed by atoms with Crippen LogP contribution in [0.5, 0.6) is 5.88 Å². The first-order chi connectivity index (χ1) is 20.3. The maximum atomic E-state index is 14.3. The molecule has 1 atom stereocenters. The van der Waals surface area contributed by atoms with Gasteiger partial charge in [0.05, 0.1) is 35.8 Å². The molecule has 4 heterocycles. The normalized spacial score (nSPS) is 17.7. The van der Waals surface area contributed by atoms with Gasteiger partial charge in [-0.05, 0) is 68.8 Å². The predicted molar refractivity (Wildman–Crippen MR) is 152 cm³/mol. The molecule has 1 unspecified atom stereocenters. The topological polar surface area (TPSA) is 133 Å². The van der Waals surface area contributed by atoms with Crippen LogP contribution in [0.3, 0.4) is 0 Å². The number of primary amides is 1. The quantitative estimate of drug-likeness (QED) is 0.290. The average Bonchev–Trinajstić information content (AvgIpc) is 3.30. The summed E-state index contributed by atoms with van der Waals surface area (Å²) in [5.41, 5.74) is 8.43. The van der Waals surface area contributed by atoms with Crippen LogP contribution in [0, 0.1) is 5.82 Å². The van der Waals surface area contributed by atoms with Crippen LogP contribution in [0.4, 0.5) is 4.39 Å². The number of carbonyl (C=O) groups is 2. The van der Waals surface area contributed by atoms with E-state index in [2.05, 4.69) is 9.47 Å². The van der Waals surface area contributed by atoms with E-state index in [0.29, 0.717) is 24.5 Å². The van der Waals surface area contributed by atoms with Crippen molar-refractivity contribution in [2.45, 2.75) is 51.0 Å². The zero-order chi connectivity index (χ0) is 29.2. The van der Waals surface area contributed by atoms with E-state index < -0.39 is 17.7 Å². The first-order valence-electron chi connectivity index (χ1n) is 14.1. The molecule has 2 aromatic carbocycles. The second-order valence-corrected chi connectivity index (χ2v) is 10.8. The van der Waals surface area contributed by atoms with Gasteiger partial charge >= 0.3 is 5.97 Å². The lowest BCUT2D eigenvalue weighted by molar-refractivity contribution is -0.0592. The number of ether oxygens (including phenoxy) is 2. The highest BCUT2D eigenvalue weighted by atomic mass is 19.1. The number of carbonyl (C=O) groups excluding carboxylic acids is 1. The van der Waals surface area contributed by atoms with Crippen molar-refractivity contribution in [1.82, 2.24) is 19.4 Å². The second kappa shape index (κ2) is 11.9. The van der Waals surface area contributed by atoms with Crippen molar-refractivity contribution in [1.29, 1.82) is 0 Å². The third-order valence-electron chi connectivity index (χ3n) is 8.08. The van der Waals surface area contributed by atoms with E-state index in [1.807, 2.05) is 12.1 Å². The summed E-state index contributed by atoms with van der Waals surface area (Å²) in [5, 5.41) is 9.49. The lowest BCUT2D eigenvalue weighted by Crippen LogP contribution is -2.35. The van der Waals surface area contributed by atoms with Crippen LogP contribution >= 0.6 is 0 Å². The number of nitrogens with zero attached hydrogens (tertiary/aromatic N) is 4. The Bertz CT molecular complexity index is 1630. The summed E-state index contributed by atoms with van der Waals surface area (Å²) < 4.78 is 27.9. The third kappa shape index (κ3) is 5.97. The highest BCUT2D eigenvalue weighted by Crippen LogP contribution is 2.30. The number of carboxylic acid groups (broad SMARTS) is 1. The molecule has 2 aliphatic rings. The summed E-state index contributed by atoms with van der Waals surface area (Å²) in [4.78, 5) is 34.8. The molecule has 42 heavy (non-hydrogen) atoms. The number of carboxylic acids is 1. The number of benzene rings is 2. The summed E-state index contributed by atoms with van der Waals surface area (Å²) in [6.45, 7) is 3.77. The lowest BCUT2D eigenvalue weighted by atomic mass is 9.93.